The molecule has 102 valence electrons. The standard InChI is InChI=1S/C15H26N2O/c1-5-13(6-2)11-18-14-8-9-15(17-10-14)12(4)16-7-3/h8-10,12-13,16H,5-7,11H2,1-4H3. The molecule has 0 aliphatic rings. The number of rotatable bonds is 8. The van der Waals surface area contributed by atoms with Crippen molar-refractivity contribution in [2.45, 2.75) is 46.6 Å². The van der Waals surface area contributed by atoms with E-state index < -0.39 is 0 Å². The Kier molecular flexibility index (Phi) is 6.73. The number of ether oxygens (including phenoxy) is 1. The highest BCUT2D eigenvalue weighted by atomic mass is 16.5. The zero-order chi connectivity index (χ0) is 13.4. The zero-order valence-electron chi connectivity index (χ0n) is 12.1. The second kappa shape index (κ2) is 8.09. The summed E-state index contributed by atoms with van der Waals surface area (Å²) >= 11 is 0. The summed E-state index contributed by atoms with van der Waals surface area (Å²) in [7, 11) is 0. The van der Waals surface area contributed by atoms with Gasteiger partial charge in [0.05, 0.1) is 18.5 Å². The van der Waals surface area contributed by atoms with E-state index in [1.807, 2.05) is 18.3 Å². The molecule has 1 rings (SSSR count). The van der Waals surface area contributed by atoms with Gasteiger partial charge in [0.25, 0.3) is 0 Å². The summed E-state index contributed by atoms with van der Waals surface area (Å²) in [6, 6.07) is 4.34. The van der Waals surface area contributed by atoms with E-state index in [0.29, 0.717) is 12.0 Å². The van der Waals surface area contributed by atoms with Gasteiger partial charge < -0.3 is 10.1 Å². The number of nitrogens with zero attached hydrogens (tertiary/aromatic N) is 1. The Morgan fingerprint density at radius 2 is 1.94 bits per heavy atom. The van der Waals surface area contributed by atoms with Gasteiger partial charge in [0.2, 0.25) is 0 Å². The summed E-state index contributed by atoms with van der Waals surface area (Å²) in [5, 5.41) is 3.35. The average Bonchev–Trinajstić information content (AvgIpc) is 2.41. The van der Waals surface area contributed by atoms with Gasteiger partial charge in [-0.1, -0.05) is 33.6 Å². The van der Waals surface area contributed by atoms with Gasteiger partial charge in [0.1, 0.15) is 5.75 Å². The van der Waals surface area contributed by atoms with E-state index in [-0.39, 0.29) is 0 Å². The molecule has 3 heteroatoms. The van der Waals surface area contributed by atoms with Crippen molar-refractivity contribution in [2.24, 2.45) is 5.92 Å². The maximum absolute atomic E-state index is 5.76. The molecule has 1 unspecified atom stereocenters. The van der Waals surface area contributed by atoms with Crippen LogP contribution in [0.4, 0.5) is 0 Å². The van der Waals surface area contributed by atoms with Crippen molar-refractivity contribution in [1.29, 1.82) is 0 Å². The Morgan fingerprint density at radius 1 is 1.22 bits per heavy atom. The van der Waals surface area contributed by atoms with Gasteiger partial charge in [-0.25, -0.2) is 0 Å². The second-order valence-electron chi connectivity index (χ2n) is 4.69. The van der Waals surface area contributed by atoms with Crippen LogP contribution in [0.15, 0.2) is 18.3 Å². The van der Waals surface area contributed by atoms with E-state index in [0.717, 1.165) is 24.6 Å². The molecule has 3 nitrogen and oxygen atoms in total. The topological polar surface area (TPSA) is 34.1 Å². The molecular weight excluding hydrogens is 224 g/mol. The lowest BCUT2D eigenvalue weighted by atomic mass is 10.1. The molecule has 0 saturated carbocycles. The highest BCUT2D eigenvalue weighted by molar-refractivity contribution is 5.21. The summed E-state index contributed by atoms with van der Waals surface area (Å²) < 4.78 is 5.76. The lowest BCUT2D eigenvalue weighted by Crippen LogP contribution is -2.18. The monoisotopic (exact) mass is 250 g/mol. The first-order valence-electron chi connectivity index (χ1n) is 7.03. The third-order valence-electron chi connectivity index (χ3n) is 3.35. The molecule has 1 aromatic rings. The lowest BCUT2D eigenvalue weighted by Gasteiger charge is -2.15. The smallest absolute Gasteiger partial charge is 0.137 e. The number of aromatic nitrogens is 1. The van der Waals surface area contributed by atoms with Crippen LogP contribution in [-0.4, -0.2) is 18.1 Å². The molecule has 0 amide bonds. The van der Waals surface area contributed by atoms with E-state index in [1.54, 1.807) is 0 Å². The average molecular weight is 250 g/mol. The lowest BCUT2D eigenvalue weighted by molar-refractivity contribution is 0.239. The van der Waals surface area contributed by atoms with Crippen molar-refractivity contribution in [3.63, 3.8) is 0 Å². The van der Waals surface area contributed by atoms with Crippen molar-refractivity contribution >= 4 is 0 Å². The minimum Gasteiger partial charge on any atom is -0.492 e. The van der Waals surface area contributed by atoms with Crippen molar-refractivity contribution in [2.75, 3.05) is 13.2 Å². The van der Waals surface area contributed by atoms with Crippen molar-refractivity contribution in [3.05, 3.63) is 24.0 Å². The van der Waals surface area contributed by atoms with Gasteiger partial charge >= 0.3 is 0 Å². The Bertz CT molecular complexity index is 320. The Hall–Kier alpha value is -1.09. The van der Waals surface area contributed by atoms with Crippen molar-refractivity contribution in [3.8, 4) is 5.75 Å². The van der Waals surface area contributed by atoms with Gasteiger partial charge in [-0.05, 0) is 31.5 Å². The predicted octanol–water partition coefficient (Wildman–Crippen LogP) is 3.57. The second-order valence-corrected chi connectivity index (χ2v) is 4.69. The molecule has 0 aliphatic heterocycles. The van der Waals surface area contributed by atoms with E-state index in [4.69, 9.17) is 4.74 Å². The summed E-state index contributed by atoms with van der Waals surface area (Å²) in [5.41, 5.74) is 1.06. The molecule has 1 N–H and O–H groups in total. The molecular formula is C15H26N2O. The predicted molar refractivity (Wildman–Crippen MR) is 75.9 cm³/mol. The third kappa shape index (κ3) is 4.65. The third-order valence-corrected chi connectivity index (χ3v) is 3.35. The summed E-state index contributed by atoms with van der Waals surface area (Å²) in [6.07, 6.45) is 4.16. The summed E-state index contributed by atoms with van der Waals surface area (Å²) in [4.78, 5) is 4.44. The fraction of sp³-hybridized carbons (Fsp3) is 0.667. The fourth-order valence-electron chi connectivity index (χ4n) is 1.88. The van der Waals surface area contributed by atoms with Crippen LogP contribution < -0.4 is 10.1 Å². The molecule has 0 bridgehead atoms. The number of hydrogen-bond acceptors (Lipinski definition) is 3. The Morgan fingerprint density at radius 3 is 2.44 bits per heavy atom. The van der Waals surface area contributed by atoms with Gasteiger partial charge in [-0.3, -0.25) is 4.98 Å². The van der Waals surface area contributed by atoms with Crippen molar-refractivity contribution in [1.82, 2.24) is 10.3 Å². The Balaban J connectivity index is 2.49. The van der Waals surface area contributed by atoms with Crippen LogP contribution in [-0.2, 0) is 0 Å². The highest BCUT2D eigenvalue weighted by Gasteiger charge is 2.07. The minimum absolute atomic E-state index is 0.295. The largest absolute Gasteiger partial charge is 0.492 e. The molecule has 0 saturated heterocycles. The maximum Gasteiger partial charge on any atom is 0.137 e. The van der Waals surface area contributed by atoms with Crippen LogP contribution in [0.5, 0.6) is 5.75 Å². The van der Waals surface area contributed by atoms with Crippen LogP contribution in [0.25, 0.3) is 0 Å². The van der Waals surface area contributed by atoms with E-state index in [9.17, 15) is 0 Å². The van der Waals surface area contributed by atoms with Crippen LogP contribution in [0.3, 0.4) is 0 Å². The molecule has 0 aliphatic carbocycles. The van der Waals surface area contributed by atoms with Gasteiger partial charge in [0, 0.05) is 6.04 Å². The Labute approximate surface area is 111 Å². The van der Waals surface area contributed by atoms with E-state index in [2.05, 4.69) is 38.0 Å². The SMILES string of the molecule is CCNC(C)c1ccc(OCC(CC)CC)cn1. The maximum atomic E-state index is 5.76. The zero-order valence-corrected chi connectivity index (χ0v) is 12.1. The first-order chi connectivity index (χ1) is 8.71. The molecule has 1 atom stereocenters. The van der Waals surface area contributed by atoms with E-state index in [1.165, 1.54) is 12.8 Å². The molecule has 1 heterocycles. The molecule has 1 aromatic heterocycles. The van der Waals surface area contributed by atoms with E-state index >= 15 is 0 Å². The minimum atomic E-state index is 0.295. The number of hydrogen-bond donors (Lipinski definition) is 1. The fourth-order valence-corrected chi connectivity index (χ4v) is 1.88. The number of nitrogens with one attached hydrogen (secondary N) is 1. The molecule has 0 radical (unpaired) electrons. The molecule has 0 fully saturated rings. The number of pyridine rings is 1. The first kappa shape index (κ1) is 15.0. The highest BCUT2D eigenvalue weighted by Crippen LogP contribution is 2.16. The van der Waals surface area contributed by atoms with Crippen LogP contribution in [0.1, 0.15) is 52.3 Å². The van der Waals surface area contributed by atoms with Crippen LogP contribution in [0, 0.1) is 5.92 Å². The molecule has 0 aromatic carbocycles. The normalized spacial score (nSPS) is 12.7. The van der Waals surface area contributed by atoms with Gasteiger partial charge in [-0.15, -0.1) is 0 Å². The van der Waals surface area contributed by atoms with Crippen LogP contribution in [0.2, 0.25) is 0 Å². The van der Waals surface area contributed by atoms with Crippen molar-refractivity contribution < 1.29 is 4.74 Å². The summed E-state index contributed by atoms with van der Waals surface area (Å²) in [5.74, 6) is 1.51. The van der Waals surface area contributed by atoms with Gasteiger partial charge in [0.15, 0.2) is 0 Å². The summed E-state index contributed by atoms with van der Waals surface area (Å²) in [6.45, 7) is 10.4. The molecule has 18 heavy (non-hydrogen) atoms. The van der Waals surface area contributed by atoms with Crippen LogP contribution >= 0.6 is 0 Å². The molecule has 0 spiro atoms. The first-order valence-corrected chi connectivity index (χ1v) is 7.03. The van der Waals surface area contributed by atoms with Gasteiger partial charge in [-0.2, -0.15) is 0 Å². The quantitative estimate of drug-likeness (QED) is 0.766.